The molecule has 0 amide bonds. The molecule has 0 unspecified atom stereocenters. The Morgan fingerprint density at radius 2 is 0.976 bits per heavy atom. The van der Waals surface area contributed by atoms with E-state index in [-0.39, 0.29) is 19.5 Å². The first-order valence-corrected chi connectivity index (χ1v) is 13.9. The van der Waals surface area contributed by atoms with Crippen molar-refractivity contribution >= 4 is 0 Å². The van der Waals surface area contributed by atoms with Crippen LogP contribution < -0.4 is 34.4 Å². The summed E-state index contributed by atoms with van der Waals surface area (Å²) in [7, 11) is 0. The van der Waals surface area contributed by atoms with Gasteiger partial charge in [-0.25, -0.2) is 0 Å². The van der Waals surface area contributed by atoms with Gasteiger partial charge >= 0.3 is 0 Å². The molecule has 0 radical (unpaired) electrons. The van der Waals surface area contributed by atoms with Gasteiger partial charge in [0.05, 0.1) is 24.8 Å². The molecule has 4 rings (SSSR count). The van der Waals surface area contributed by atoms with Gasteiger partial charge in [0.25, 0.3) is 0 Å². The lowest BCUT2D eigenvalue weighted by Gasteiger charge is -2.47. The van der Waals surface area contributed by atoms with Gasteiger partial charge in [-0.3, -0.25) is 0 Å². The van der Waals surface area contributed by atoms with E-state index < -0.39 is 123 Å². The lowest BCUT2D eigenvalue weighted by Crippen LogP contribution is -2.68. The summed E-state index contributed by atoms with van der Waals surface area (Å²) in [6, 6.07) is -4.18. The fraction of sp³-hybridized carbons (Fsp3) is 1.00. The summed E-state index contributed by atoms with van der Waals surface area (Å²) in [5.41, 5.74) is 35.6. The van der Waals surface area contributed by atoms with E-state index >= 15 is 0 Å². The van der Waals surface area contributed by atoms with Crippen LogP contribution in [0.25, 0.3) is 0 Å². The minimum atomic E-state index is -1.60. The van der Waals surface area contributed by atoms with Crippen LogP contribution in [0.1, 0.15) is 6.42 Å². The van der Waals surface area contributed by atoms with E-state index in [1.807, 2.05) is 0 Å². The summed E-state index contributed by atoms with van der Waals surface area (Å²) in [6.45, 7) is -0.967. The predicted octanol–water partition coefficient (Wildman–Crippen LogP) is -8.90. The van der Waals surface area contributed by atoms with Gasteiger partial charge in [0.15, 0.2) is 18.9 Å². The number of rotatable bonds is 9. The molecule has 0 bridgehead atoms. The highest BCUT2D eigenvalue weighted by atomic mass is 16.8. The molecule has 3 saturated heterocycles. The van der Waals surface area contributed by atoms with Gasteiger partial charge in [-0.15, -0.1) is 0 Å². The third-order valence-corrected chi connectivity index (χ3v) is 8.37. The number of aliphatic hydroxyl groups excluding tert-OH is 7. The van der Waals surface area contributed by atoms with Crippen LogP contribution in [0.4, 0.5) is 0 Å². The minimum Gasteiger partial charge on any atom is -0.394 e. The van der Waals surface area contributed by atoms with Gasteiger partial charge < -0.3 is 98.6 Å². The van der Waals surface area contributed by atoms with Crippen molar-refractivity contribution in [2.75, 3.05) is 19.7 Å². The van der Waals surface area contributed by atoms with E-state index in [2.05, 4.69) is 0 Å². The molecule has 3 aliphatic heterocycles. The SMILES string of the molecule is NC[C@@H]1O[C@@H](O[C@@H]2[C@@H](O[C@H]3O[C@@H](CO)[C@H](O[C@@H]4O[C@H](CN)[C@@H](O)[C@@H](O)[C@@H]4N)[C@@H]3O)[C@@H](O)[C@H](N)C[C@H]2N)[C@@H](N)[C@H](O)[C@@H]1O. The fourth-order valence-corrected chi connectivity index (χ4v) is 5.74. The molecule has 1 saturated carbocycles. The standard InChI is InChI=1S/C23H46N6O13/c24-2-7-13(32)15(34)10(28)21(37-7)40-18-6(27)1-5(26)12(31)20(18)42-23-17(36)19(9(4-30)39-23)41-22-11(29)16(35)14(33)8(3-25)38-22/h5-23,30-36H,1-4,24-29H2/t5-,6-,7+,8-,9+,10+,11+,12+,13-,14-,15+,16+,17+,18+,19+,20+,21+,22+,23-/m1/s1. The van der Waals surface area contributed by atoms with Crippen molar-refractivity contribution < 1.29 is 64.2 Å². The van der Waals surface area contributed by atoms with Gasteiger partial charge in [-0.2, -0.15) is 0 Å². The first-order chi connectivity index (χ1) is 19.8. The zero-order valence-corrected chi connectivity index (χ0v) is 22.8. The van der Waals surface area contributed by atoms with Gasteiger partial charge in [0.2, 0.25) is 0 Å². The number of hydrogen-bond donors (Lipinski definition) is 13. The molecule has 0 aromatic heterocycles. The van der Waals surface area contributed by atoms with Crippen molar-refractivity contribution in [3.05, 3.63) is 0 Å². The third kappa shape index (κ3) is 6.60. The monoisotopic (exact) mass is 614 g/mol. The molecule has 4 fully saturated rings. The molecular formula is C23H46N6O13. The molecular weight excluding hydrogens is 568 g/mol. The molecule has 19 heteroatoms. The zero-order valence-electron chi connectivity index (χ0n) is 22.8. The van der Waals surface area contributed by atoms with E-state index in [1.165, 1.54) is 0 Å². The maximum Gasteiger partial charge on any atom is 0.187 e. The number of hydrogen-bond acceptors (Lipinski definition) is 19. The second-order valence-corrected chi connectivity index (χ2v) is 11.2. The van der Waals surface area contributed by atoms with Crippen LogP contribution in [0.3, 0.4) is 0 Å². The summed E-state index contributed by atoms with van der Waals surface area (Å²) < 4.78 is 34.6. The van der Waals surface area contributed by atoms with E-state index in [9.17, 15) is 35.7 Å². The number of nitrogens with two attached hydrogens (primary N) is 6. The van der Waals surface area contributed by atoms with Gasteiger partial charge in [-0.05, 0) is 6.42 Å². The highest BCUT2D eigenvalue weighted by Gasteiger charge is 2.54. The summed E-state index contributed by atoms with van der Waals surface area (Å²) in [5, 5.41) is 73.0. The average Bonchev–Trinajstić information content (AvgIpc) is 3.27. The van der Waals surface area contributed by atoms with Crippen molar-refractivity contribution in [3.63, 3.8) is 0 Å². The quantitative estimate of drug-likeness (QED) is 0.115. The van der Waals surface area contributed by atoms with Gasteiger partial charge in [-0.1, -0.05) is 0 Å². The van der Waals surface area contributed by atoms with E-state index in [4.69, 9.17) is 62.8 Å². The zero-order chi connectivity index (χ0) is 31.0. The Bertz CT molecular complexity index is 868. The Kier molecular flexibility index (Phi) is 11.5. The van der Waals surface area contributed by atoms with Crippen molar-refractivity contribution in [1.82, 2.24) is 0 Å². The predicted molar refractivity (Wildman–Crippen MR) is 138 cm³/mol. The van der Waals surface area contributed by atoms with Gasteiger partial charge in [0, 0.05) is 25.2 Å². The van der Waals surface area contributed by atoms with Crippen LogP contribution in [0, 0.1) is 0 Å². The smallest absolute Gasteiger partial charge is 0.187 e. The minimum absolute atomic E-state index is 0.0889. The summed E-state index contributed by atoms with van der Waals surface area (Å²) >= 11 is 0. The fourth-order valence-electron chi connectivity index (χ4n) is 5.74. The molecule has 3 heterocycles. The van der Waals surface area contributed by atoms with Crippen LogP contribution in [-0.4, -0.2) is 172 Å². The second-order valence-electron chi connectivity index (χ2n) is 11.2. The molecule has 4 aliphatic rings. The number of aliphatic hydroxyl groups is 7. The molecule has 19 atom stereocenters. The third-order valence-electron chi connectivity index (χ3n) is 8.37. The lowest BCUT2D eigenvalue weighted by molar-refractivity contribution is -0.306. The van der Waals surface area contributed by atoms with Crippen molar-refractivity contribution in [2.45, 2.75) is 123 Å². The molecule has 42 heavy (non-hydrogen) atoms. The van der Waals surface area contributed by atoms with Crippen LogP contribution in [0.2, 0.25) is 0 Å². The van der Waals surface area contributed by atoms with E-state index in [0.717, 1.165) is 0 Å². The van der Waals surface area contributed by atoms with Crippen LogP contribution in [0.5, 0.6) is 0 Å². The van der Waals surface area contributed by atoms with Crippen LogP contribution in [0.15, 0.2) is 0 Å². The molecule has 19 nitrogen and oxygen atoms in total. The molecule has 19 N–H and O–H groups in total. The molecule has 1 aliphatic carbocycles. The Hall–Kier alpha value is -0.760. The van der Waals surface area contributed by atoms with E-state index in [1.54, 1.807) is 0 Å². The Morgan fingerprint density at radius 1 is 0.524 bits per heavy atom. The summed E-state index contributed by atoms with van der Waals surface area (Å²) in [6.07, 6.45) is -19.8. The highest BCUT2D eigenvalue weighted by molar-refractivity contribution is 5.02. The number of ether oxygens (including phenoxy) is 6. The summed E-state index contributed by atoms with van der Waals surface area (Å²) in [4.78, 5) is 0. The first-order valence-electron chi connectivity index (χ1n) is 13.9. The van der Waals surface area contributed by atoms with Gasteiger partial charge in [0.1, 0.15) is 67.1 Å². The molecule has 0 aromatic rings. The second kappa shape index (κ2) is 14.1. The van der Waals surface area contributed by atoms with Crippen molar-refractivity contribution in [3.8, 4) is 0 Å². The van der Waals surface area contributed by atoms with Crippen molar-refractivity contribution in [2.24, 2.45) is 34.4 Å². The summed E-state index contributed by atoms with van der Waals surface area (Å²) in [5.74, 6) is 0. The van der Waals surface area contributed by atoms with Crippen LogP contribution in [-0.2, 0) is 28.4 Å². The average molecular weight is 615 g/mol. The Labute approximate surface area is 241 Å². The van der Waals surface area contributed by atoms with Crippen LogP contribution >= 0.6 is 0 Å². The molecule has 246 valence electrons. The lowest BCUT2D eigenvalue weighted by atomic mass is 9.84. The molecule has 0 spiro atoms. The topological polar surface area (TPSA) is 353 Å². The Balaban J connectivity index is 1.50. The maximum atomic E-state index is 11.1. The normalized spacial score (nSPS) is 53.8. The van der Waals surface area contributed by atoms with E-state index in [0.29, 0.717) is 0 Å². The Morgan fingerprint density at radius 3 is 1.45 bits per heavy atom. The maximum absolute atomic E-state index is 11.1. The highest BCUT2D eigenvalue weighted by Crippen LogP contribution is 2.34. The molecule has 0 aromatic carbocycles. The largest absolute Gasteiger partial charge is 0.394 e. The first kappa shape index (κ1) is 34.1. The van der Waals surface area contributed by atoms with Crippen molar-refractivity contribution in [1.29, 1.82) is 0 Å².